The number of nitrogens with zero attached hydrogens (tertiary/aromatic N) is 1. The van der Waals surface area contributed by atoms with E-state index in [-0.39, 0.29) is 0 Å². The van der Waals surface area contributed by atoms with Crippen LogP contribution in [0, 0.1) is 0 Å². The lowest BCUT2D eigenvalue weighted by atomic mass is 10.4. The summed E-state index contributed by atoms with van der Waals surface area (Å²) >= 11 is 6.94. The van der Waals surface area contributed by atoms with E-state index in [4.69, 9.17) is 0 Å². The van der Waals surface area contributed by atoms with Gasteiger partial charge in [0.1, 0.15) is 0 Å². The molecule has 80 valence electrons. The maximum Gasteiger partial charge on any atom is 0.0937 e. The van der Waals surface area contributed by atoms with Gasteiger partial charge in [0.05, 0.1) is 5.01 Å². The summed E-state index contributed by atoms with van der Waals surface area (Å²) in [5.41, 5.74) is 0. The van der Waals surface area contributed by atoms with E-state index in [2.05, 4.69) is 37.7 Å². The van der Waals surface area contributed by atoms with Gasteiger partial charge in [-0.05, 0) is 22.0 Å². The third-order valence-corrected chi connectivity index (χ3v) is 4.46. The van der Waals surface area contributed by atoms with E-state index in [1.54, 1.807) is 22.7 Å². The molecule has 0 amide bonds. The van der Waals surface area contributed by atoms with E-state index >= 15 is 0 Å². The van der Waals surface area contributed by atoms with Crippen molar-refractivity contribution < 1.29 is 0 Å². The number of rotatable bonds is 5. The molecule has 1 N–H and O–H groups in total. The Labute approximate surface area is 106 Å². The lowest BCUT2D eigenvalue weighted by molar-refractivity contribution is 0.691. The van der Waals surface area contributed by atoms with Crippen molar-refractivity contribution in [1.82, 2.24) is 10.3 Å². The topological polar surface area (TPSA) is 24.9 Å². The van der Waals surface area contributed by atoms with Gasteiger partial charge in [0.2, 0.25) is 0 Å². The molecule has 0 aliphatic rings. The van der Waals surface area contributed by atoms with Crippen molar-refractivity contribution in [2.75, 3.05) is 6.54 Å². The molecule has 5 heteroatoms. The van der Waals surface area contributed by atoms with Crippen molar-refractivity contribution in [1.29, 1.82) is 0 Å². The molecule has 0 aliphatic heterocycles. The predicted octanol–water partition coefficient (Wildman–Crippen LogP) is 3.30. The van der Waals surface area contributed by atoms with E-state index in [1.165, 1.54) is 14.4 Å². The van der Waals surface area contributed by atoms with Crippen LogP contribution in [0.2, 0.25) is 0 Å². The molecule has 0 saturated heterocycles. The smallest absolute Gasteiger partial charge is 0.0937 e. The van der Waals surface area contributed by atoms with Gasteiger partial charge >= 0.3 is 0 Å². The van der Waals surface area contributed by atoms with Crippen molar-refractivity contribution in [2.24, 2.45) is 0 Å². The first-order chi connectivity index (χ1) is 7.34. The van der Waals surface area contributed by atoms with Gasteiger partial charge in [-0.15, -0.1) is 22.7 Å². The van der Waals surface area contributed by atoms with Crippen LogP contribution in [-0.2, 0) is 13.0 Å². The van der Waals surface area contributed by atoms with E-state index in [1.807, 2.05) is 11.6 Å². The van der Waals surface area contributed by atoms with Gasteiger partial charge in [0, 0.05) is 45.8 Å². The zero-order valence-electron chi connectivity index (χ0n) is 8.07. The molecule has 0 radical (unpaired) electrons. The summed E-state index contributed by atoms with van der Waals surface area (Å²) in [4.78, 5) is 5.60. The molecule has 0 aromatic carbocycles. The number of aromatic nitrogens is 1. The van der Waals surface area contributed by atoms with Crippen LogP contribution >= 0.6 is 38.6 Å². The van der Waals surface area contributed by atoms with Crippen LogP contribution in [0.1, 0.15) is 9.88 Å². The van der Waals surface area contributed by atoms with Gasteiger partial charge in [0.25, 0.3) is 0 Å². The molecular weight excluding hydrogens is 292 g/mol. The highest BCUT2D eigenvalue weighted by atomic mass is 79.9. The minimum Gasteiger partial charge on any atom is -0.311 e. The van der Waals surface area contributed by atoms with Crippen LogP contribution < -0.4 is 5.32 Å². The molecule has 2 nitrogen and oxygen atoms in total. The third kappa shape index (κ3) is 3.68. The number of thiophene rings is 1. The Morgan fingerprint density at radius 1 is 1.40 bits per heavy atom. The first-order valence-electron chi connectivity index (χ1n) is 4.66. The minimum absolute atomic E-state index is 0.946. The molecule has 0 aliphatic carbocycles. The van der Waals surface area contributed by atoms with Gasteiger partial charge < -0.3 is 5.32 Å². The molecule has 2 heterocycles. The quantitative estimate of drug-likeness (QED) is 0.857. The number of hydrogen-bond donors (Lipinski definition) is 1. The normalized spacial score (nSPS) is 10.7. The third-order valence-electron chi connectivity index (χ3n) is 1.92. The van der Waals surface area contributed by atoms with Crippen molar-refractivity contribution in [3.8, 4) is 0 Å². The average Bonchev–Trinajstić information content (AvgIpc) is 2.84. The van der Waals surface area contributed by atoms with Gasteiger partial charge in [-0.2, -0.15) is 0 Å². The highest BCUT2D eigenvalue weighted by molar-refractivity contribution is 9.10. The van der Waals surface area contributed by atoms with Gasteiger partial charge in [0.15, 0.2) is 0 Å². The molecular formula is C10H11BrN2S2. The highest BCUT2D eigenvalue weighted by Gasteiger charge is 1.98. The van der Waals surface area contributed by atoms with Crippen molar-refractivity contribution >= 4 is 38.6 Å². The fraction of sp³-hybridized carbons (Fsp3) is 0.300. The van der Waals surface area contributed by atoms with Crippen LogP contribution in [0.15, 0.2) is 27.5 Å². The van der Waals surface area contributed by atoms with E-state index in [9.17, 15) is 0 Å². The first-order valence-corrected chi connectivity index (χ1v) is 7.22. The Balaban J connectivity index is 1.67. The van der Waals surface area contributed by atoms with Gasteiger partial charge in [-0.3, -0.25) is 0 Å². The molecule has 15 heavy (non-hydrogen) atoms. The standard InChI is InChI=1S/C10H11BrN2S2/c11-8-5-9(15-7-8)6-12-2-1-10-13-3-4-14-10/h3-5,7,12H,1-2,6H2. The zero-order valence-corrected chi connectivity index (χ0v) is 11.3. The second-order valence-electron chi connectivity index (χ2n) is 3.08. The molecule has 0 spiro atoms. The molecule has 2 aromatic heterocycles. The number of nitrogens with one attached hydrogen (secondary N) is 1. The molecule has 2 rings (SSSR count). The lowest BCUT2D eigenvalue weighted by Gasteiger charge is -2.00. The highest BCUT2D eigenvalue weighted by Crippen LogP contribution is 2.19. The van der Waals surface area contributed by atoms with Crippen LogP contribution in [0.3, 0.4) is 0 Å². The molecule has 0 unspecified atom stereocenters. The SMILES string of the molecule is Brc1csc(CNCCc2nccs2)c1. The Bertz CT molecular complexity index is 397. The number of hydrogen-bond acceptors (Lipinski definition) is 4. The van der Waals surface area contributed by atoms with E-state index < -0.39 is 0 Å². The summed E-state index contributed by atoms with van der Waals surface area (Å²) in [6.07, 6.45) is 2.88. The first kappa shape index (κ1) is 11.3. The molecule has 0 bridgehead atoms. The second kappa shape index (κ2) is 5.75. The van der Waals surface area contributed by atoms with Gasteiger partial charge in [-0.25, -0.2) is 4.98 Å². The van der Waals surface area contributed by atoms with Crippen molar-refractivity contribution in [2.45, 2.75) is 13.0 Å². The molecule has 2 aromatic rings. The fourth-order valence-electron chi connectivity index (χ4n) is 1.23. The van der Waals surface area contributed by atoms with E-state index in [0.29, 0.717) is 0 Å². The summed E-state index contributed by atoms with van der Waals surface area (Å²) < 4.78 is 1.17. The summed E-state index contributed by atoms with van der Waals surface area (Å²) in [6, 6.07) is 2.15. The van der Waals surface area contributed by atoms with Crippen LogP contribution in [0.5, 0.6) is 0 Å². The molecule has 0 saturated carbocycles. The maximum atomic E-state index is 4.24. The summed E-state index contributed by atoms with van der Waals surface area (Å²) in [5.74, 6) is 0. The van der Waals surface area contributed by atoms with Crippen LogP contribution in [-0.4, -0.2) is 11.5 Å². The monoisotopic (exact) mass is 302 g/mol. The Morgan fingerprint density at radius 3 is 3.00 bits per heavy atom. The number of halogens is 1. The molecule has 0 fully saturated rings. The largest absolute Gasteiger partial charge is 0.311 e. The van der Waals surface area contributed by atoms with Gasteiger partial charge in [-0.1, -0.05) is 0 Å². The van der Waals surface area contributed by atoms with Crippen LogP contribution in [0.4, 0.5) is 0 Å². The Morgan fingerprint density at radius 2 is 2.33 bits per heavy atom. The summed E-state index contributed by atoms with van der Waals surface area (Å²) in [5, 5.41) is 8.74. The zero-order chi connectivity index (χ0) is 10.5. The average molecular weight is 303 g/mol. The maximum absolute atomic E-state index is 4.24. The summed E-state index contributed by atoms with van der Waals surface area (Å²) in [7, 11) is 0. The predicted molar refractivity (Wildman–Crippen MR) is 69.5 cm³/mol. The lowest BCUT2D eigenvalue weighted by Crippen LogP contribution is -2.15. The second-order valence-corrected chi connectivity index (χ2v) is 5.97. The molecule has 0 atom stereocenters. The summed E-state index contributed by atoms with van der Waals surface area (Å²) in [6.45, 7) is 1.94. The fourth-order valence-corrected chi connectivity index (χ4v) is 3.27. The van der Waals surface area contributed by atoms with Crippen molar-refractivity contribution in [3.05, 3.63) is 37.4 Å². The number of thiazole rings is 1. The van der Waals surface area contributed by atoms with E-state index in [0.717, 1.165) is 19.5 Å². The van der Waals surface area contributed by atoms with Crippen molar-refractivity contribution in [3.63, 3.8) is 0 Å². The van der Waals surface area contributed by atoms with Crippen LogP contribution in [0.25, 0.3) is 0 Å². The Kier molecular flexibility index (Phi) is 4.31. The minimum atomic E-state index is 0.946. The Hall–Kier alpha value is -0.230.